The fourth-order valence-corrected chi connectivity index (χ4v) is 5.55. The van der Waals surface area contributed by atoms with Crippen LogP contribution < -0.4 is 0 Å². The predicted molar refractivity (Wildman–Crippen MR) is 136 cm³/mol. The van der Waals surface area contributed by atoms with Gasteiger partial charge in [0.2, 0.25) is 0 Å². The van der Waals surface area contributed by atoms with Gasteiger partial charge in [0.05, 0.1) is 18.1 Å². The van der Waals surface area contributed by atoms with E-state index in [0.29, 0.717) is 30.6 Å². The number of aliphatic hydroxyl groups is 1. The summed E-state index contributed by atoms with van der Waals surface area (Å²) in [7, 11) is 3.26. The van der Waals surface area contributed by atoms with Crippen LogP contribution in [0.4, 0.5) is 0 Å². The monoisotopic (exact) mass is 472 g/mol. The van der Waals surface area contributed by atoms with Crippen LogP contribution in [0.5, 0.6) is 0 Å². The van der Waals surface area contributed by atoms with Gasteiger partial charge >= 0.3 is 0 Å². The number of aliphatic hydroxyl groups excluding tert-OH is 1. The molecule has 2 aliphatic carbocycles. The molecule has 0 aliphatic heterocycles. The highest BCUT2D eigenvalue weighted by molar-refractivity contribution is 6.24. The zero-order valence-corrected chi connectivity index (χ0v) is 22.6. The minimum absolute atomic E-state index is 0.0261. The van der Waals surface area contributed by atoms with Crippen LogP contribution in [0.3, 0.4) is 0 Å². The quantitative estimate of drug-likeness (QED) is 0.284. The SMILES string of the molecule is C=C(C)[C@@H]1CC[C@@](C)(OC)[C@H]1CC1=C(OC)[C@@](C)(CC=C(C)C)C(=O)C(C(=O)[C@@H](C)CC)=C1O. The Labute approximate surface area is 206 Å². The average Bonchev–Trinajstić information content (AvgIpc) is 3.12. The van der Waals surface area contributed by atoms with E-state index in [4.69, 9.17) is 9.47 Å². The molecule has 0 saturated heterocycles. The summed E-state index contributed by atoms with van der Waals surface area (Å²) in [6, 6.07) is 0. The van der Waals surface area contributed by atoms with Gasteiger partial charge in [0, 0.05) is 18.6 Å². The molecule has 1 N–H and O–H groups in total. The van der Waals surface area contributed by atoms with E-state index in [2.05, 4.69) is 13.5 Å². The topological polar surface area (TPSA) is 72.8 Å². The standard InChI is InChI=1S/C29H44O5/c1-11-19(6)24(30)23-25(31)21(16-22-20(18(4)5)13-15-29(22,8)34-10)27(33-9)28(7,26(23)32)14-12-17(2)3/h12,19-20,22,31H,4,11,13-16H2,1-3,5-10H3/t19-,20-,22-,28-,29+/m0/s1. The van der Waals surface area contributed by atoms with Crippen molar-refractivity contribution >= 4 is 11.6 Å². The largest absolute Gasteiger partial charge is 0.507 e. The van der Waals surface area contributed by atoms with Gasteiger partial charge in [0.15, 0.2) is 11.6 Å². The molecule has 0 amide bonds. The van der Waals surface area contributed by atoms with Crippen molar-refractivity contribution in [2.75, 3.05) is 14.2 Å². The average molecular weight is 473 g/mol. The smallest absolute Gasteiger partial charge is 0.183 e. The number of methoxy groups -OCH3 is 2. The van der Waals surface area contributed by atoms with Crippen LogP contribution in [-0.2, 0) is 19.1 Å². The number of ether oxygens (including phenoxy) is 2. The van der Waals surface area contributed by atoms with Crippen molar-refractivity contribution in [3.05, 3.63) is 46.5 Å². The minimum Gasteiger partial charge on any atom is -0.507 e. The van der Waals surface area contributed by atoms with E-state index in [9.17, 15) is 14.7 Å². The summed E-state index contributed by atoms with van der Waals surface area (Å²) in [6.07, 6.45) is 5.22. The van der Waals surface area contributed by atoms with E-state index in [-0.39, 0.29) is 40.7 Å². The van der Waals surface area contributed by atoms with Crippen LogP contribution in [-0.4, -0.2) is 36.5 Å². The van der Waals surface area contributed by atoms with Gasteiger partial charge < -0.3 is 14.6 Å². The van der Waals surface area contributed by atoms with E-state index in [0.717, 1.165) is 24.0 Å². The molecule has 2 rings (SSSR count). The number of Topliss-reactive ketones (excluding diaryl/α,β-unsaturated/α-hetero) is 2. The Hall–Kier alpha value is -2.14. The van der Waals surface area contributed by atoms with Crippen LogP contribution in [0.25, 0.3) is 0 Å². The molecule has 0 bridgehead atoms. The third-order valence-electron chi connectivity index (χ3n) is 8.20. The third-order valence-corrected chi connectivity index (χ3v) is 8.20. The van der Waals surface area contributed by atoms with Crippen molar-refractivity contribution in [2.24, 2.45) is 23.2 Å². The Balaban J connectivity index is 2.78. The van der Waals surface area contributed by atoms with Gasteiger partial charge in [0.25, 0.3) is 0 Å². The van der Waals surface area contributed by atoms with Gasteiger partial charge in [-0.1, -0.05) is 37.6 Å². The predicted octanol–water partition coefficient (Wildman–Crippen LogP) is 6.66. The third kappa shape index (κ3) is 4.95. The van der Waals surface area contributed by atoms with Crippen LogP contribution in [0, 0.1) is 23.2 Å². The summed E-state index contributed by atoms with van der Waals surface area (Å²) in [4.78, 5) is 27.2. The van der Waals surface area contributed by atoms with Crippen LogP contribution in [0.2, 0.25) is 0 Å². The van der Waals surface area contributed by atoms with Crippen LogP contribution >= 0.6 is 0 Å². The van der Waals surface area contributed by atoms with E-state index < -0.39 is 11.0 Å². The molecule has 0 aromatic heterocycles. The number of carbonyl (C=O) groups excluding carboxylic acids is 2. The number of hydrogen-bond donors (Lipinski definition) is 1. The Bertz CT molecular complexity index is 932. The summed E-state index contributed by atoms with van der Waals surface area (Å²) >= 11 is 0. The van der Waals surface area contributed by atoms with Crippen molar-refractivity contribution in [3.8, 4) is 0 Å². The number of hydrogen-bond acceptors (Lipinski definition) is 5. The molecule has 0 radical (unpaired) electrons. The molecule has 0 aromatic carbocycles. The zero-order chi connectivity index (χ0) is 26.0. The maximum absolute atomic E-state index is 13.8. The summed E-state index contributed by atoms with van der Waals surface area (Å²) in [5.41, 5.74) is 1.12. The molecule has 0 heterocycles. The fraction of sp³-hybridized carbons (Fsp3) is 0.655. The van der Waals surface area contributed by atoms with Crippen LogP contribution in [0.15, 0.2) is 46.5 Å². The van der Waals surface area contributed by atoms with Gasteiger partial charge in [0.1, 0.15) is 17.1 Å². The summed E-state index contributed by atoms with van der Waals surface area (Å²) in [5, 5.41) is 11.5. The van der Waals surface area contributed by atoms with Gasteiger partial charge in [-0.25, -0.2) is 0 Å². The molecule has 5 atom stereocenters. The lowest BCUT2D eigenvalue weighted by Crippen LogP contribution is -2.41. The van der Waals surface area contributed by atoms with E-state index in [1.807, 2.05) is 40.7 Å². The lowest BCUT2D eigenvalue weighted by atomic mass is 9.67. The molecular formula is C29H44O5. The first-order valence-electron chi connectivity index (χ1n) is 12.4. The zero-order valence-electron chi connectivity index (χ0n) is 22.6. The molecule has 34 heavy (non-hydrogen) atoms. The normalized spacial score (nSPS) is 30.4. The second-order valence-corrected chi connectivity index (χ2v) is 10.9. The lowest BCUT2D eigenvalue weighted by Gasteiger charge is -2.39. The first-order chi connectivity index (χ1) is 15.8. The molecule has 0 spiro atoms. The van der Waals surface area contributed by atoms with Crippen molar-refractivity contribution in [1.29, 1.82) is 0 Å². The Morgan fingerprint density at radius 2 is 1.88 bits per heavy atom. The molecule has 0 aromatic rings. The summed E-state index contributed by atoms with van der Waals surface area (Å²) in [6.45, 7) is 17.8. The summed E-state index contributed by atoms with van der Waals surface area (Å²) in [5.74, 6) is -0.592. The Kier molecular flexibility index (Phi) is 8.79. The highest BCUT2D eigenvalue weighted by Crippen LogP contribution is 2.52. The minimum atomic E-state index is -1.08. The number of allylic oxidation sites excluding steroid dienone is 6. The lowest BCUT2D eigenvalue weighted by molar-refractivity contribution is -0.129. The Morgan fingerprint density at radius 3 is 2.35 bits per heavy atom. The molecule has 0 unspecified atom stereocenters. The first-order valence-corrected chi connectivity index (χ1v) is 12.4. The highest BCUT2D eigenvalue weighted by Gasteiger charge is 2.52. The van der Waals surface area contributed by atoms with Gasteiger partial charge in [-0.15, -0.1) is 0 Å². The van der Waals surface area contributed by atoms with Gasteiger partial charge in [-0.3, -0.25) is 9.59 Å². The second-order valence-electron chi connectivity index (χ2n) is 10.9. The van der Waals surface area contributed by atoms with Crippen molar-refractivity contribution in [3.63, 3.8) is 0 Å². The van der Waals surface area contributed by atoms with Crippen molar-refractivity contribution in [2.45, 2.75) is 86.2 Å². The molecule has 1 saturated carbocycles. The maximum atomic E-state index is 13.8. The molecule has 1 fully saturated rings. The highest BCUT2D eigenvalue weighted by atomic mass is 16.5. The maximum Gasteiger partial charge on any atom is 0.183 e. The molecule has 2 aliphatic rings. The van der Waals surface area contributed by atoms with Gasteiger partial charge in [-0.05, 0) is 78.6 Å². The number of carbonyl (C=O) groups is 2. The van der Waals surface area contributed by atoms with E-state index in [1.54, 1.807) is 21.1 Å². The Morgan fingerprint density at radius 1 is 1.26 bits per heavy atom. The van der Waals surface area contributed by atoms with E-state index in [1.165, 1.54) is 0 Å². The first kappa shape index (κ1) is 28.1. The molecule has 5 nitrogen and oxygen atoms in total. The summed E-state index contributed by atoms with van der Waals surface area (Å²) < 4.78 is 11.8. The van der Waals surface area contributed by atoms with Crippen molar-refractivity contribution < 1.29 is 24.2 Å². The van der Waals surface area contributed by atoms with Crippen molar-refractivity contribution in [1.82, 2.24) is 0 Å². The van der Waals surface area contributed by atoms with Crippen LogP contribution in [0.1, 0.15) is 80.6 Å². The number of rotatable bonds is 10. The van der Waals surface area contributed by atoms with Gasteiger partial charge in [-0.2, -0.15) is 0 Å². The molecule has 5 heteroatoms. The molecular weight excluding hydrogens is 428 g/mol. The molecule has 190 valence electrons. The number of ketones is 2. The van der Waals surface area contributed by atoms with E-state index >= 15 is 0 Å². The fourth-order valence-electron chi connectivity index (χ4n) is 5.55. The second kappa shape index (κ2) is 10.6.